The van der Waals surface area contributed by atoms with Crippen LogP contribution in [0.25, 0.3) is 0 Å². The molecule has 0 aliphatic carbocycles. The third kappa shape index (κ3) is 3.52. The lowest BCUT2D eigenvalue weighted by molar-refractivity contribution is 0.247. The lowest BCUT2D eigenvalue weighted by Gasteiger charge is -2.25. The molecule has 0 bridgehead atoms. The number of phenols is 1. The summed E-state index contributed by atoms with van der Waals surface area (Å²) < 4.78 is 11.7. The Bertz CT molecular complexity index is 703. The van der Waals surface area contributed by atoms with Crippen LogP contribution < -0.4 is 9.47 Å². The zero-order valence-electron chi connectivity index (χ0n) is 14.0. The highest BCUT2D eigenvalue weighted by Gasteiger charge is 2.26. The number of benzene rings is 2. The molecule has 3 rings (SSSR count). The molecule has 0 radical (unpaired) electrons. The first-order valence-corrected chi connectivity index (χ1v) is 8.85. The molecule has 24 heavy (non-hydrogen) atoms. The molecule has 1 saturated heterocycles. The van der Waals surface area contributed by atoms with Crippen molar-refractivity contribution in [2.45, 2.75) is 25.4 Å². The Labute approximate surface area is 151 Å². The normalized spacial score (nSPS) is 17.9. The number of halogens is 1. The van der Waals surface area contributed by atoms with Gasteiger partial charge in [0.2, 0.25) is 0 Å². The van der Waals surface area contributed by atoms with E-state index < -0.39 is 0 Å². The second-order valence-corrected chi connectivity index (χ2v) is 6.89. The number of aromatic hydroxyl groups is 1. The topological polar surface area (TPSA) is 41.9 Å². The molecular weight excluding hydrogens is 370 g/mol. The van der Waals surface area contributed by atoms with E-state index in [9.17, 15) is 5.11 Å². The van der Waals surface area contributed by atoms with Crippen molar-refractivity contribution >= 4 is 15.9 Å². The molecule has 0 amide bonds. The highest BCUT2D eigenvalue weighted by molar-refractivity contribution is 9.10. The summed E-state index contributed by atoms with van der Waals surface area (Å²) in [5.41, 5.74) is 2.44. The number of hydrogen-bond acceptors (Lipinski definition) is 4. The summed E-state index contributed by atoms with van der Waals surface area (Å²) in [6.45, 7) is 1.92. The molecule has 0 saturated carbocycles. The summed E-state index contributed by atoms with van der Waals surface area (Å²) in [6, 6.07) is 12.1. The zero-order valence-corrected chi connectivity index (χ0v) is 15.5. The van der Waals surface area contributed by atoms with Gasteiger partial charge in [0.1, 0.15) is 5.75 Å². The van der Waals surface area contributed by atoms with Gasteiger partial charge in [-0.15, -0.1) is 0 Å². The van der Waals surface area contributed by atoms with Gasteiger partial charge in [-0.3, -0.25) is 4.90 Å². The molecule has 5 heteroatoms. The van der Waals surface area contributed by atoms with Crippen molar-refractivity contribution in [3.8, 4) is 17.2 Å². The fourth-order valence-corrected chi connectivity index (χ4v) is 4.04. The number of phenolic OH excluding ortho intramolecular Hbond substituents is 1. The fraction of sp³-hybridized carbons (Fsp3) is 0.368. The number of rotatable bonds is 5. The van der Waals surface area contributed by atoms with E-state index in [1.165, 1.54) is 17.5 Å². The summed E-state index contributed by atoms with van der Waals surface area (Å²) >= 11 is 3.57. The van der Waals surface area contributed by atoms with Crippen molar-refractivity contribution in [1.29, 1.82) is 0 Å². The Morgan fingerprint density at radius 3 is 2.58 bits per heavy atom. The van der Waals surface area contributed by atoms with Gasteiger partial charge < -0.3 is 14.6 Å². The van der Waals surface area contributed by atoms with E-state index >= 15 is 0 Å². The Hall–Kier alpha value is -1.72. The maximum atomic E-state index is 9.49. The number of likely N-dealkylation sites (tertiary alicyclic amines) is 1. The Morgan fingerprint density at radius 1 is 1.17 bits per heavy atom. The highest BCUT2D eigenvalue weighted by Crippen LogP contribution is 2.38. The predicted molar refractivity (Wildman–Crippen MR) is 97.7 cm³/mol. The van der Waals surface area contributed by atoms with Crippen LogP contribution in [-0.2, 0) is 6.54 Å². The van der Waals surface area contributed by atoms with Crippen molar-refractivity contribution in [2.24, 2.45) is 0 Å². The van der Waals surface area contributed by atoms with Crippen LogP contribution in [0, 0.1) is 0 Å². The van der Waals surface area contributed by atoms with Gasteiger partial charge in [-0.05, 0) is 70.7 Å². The van der Waals surface area contributed by atoms with Gasteiger partial charge in [-0.25, -0.2) is 0 Å². The van der Waals surface area contributed by atoms with E-state index in [4.69, 9.17) is 9.47 Å². The van der Waals surface area contributed by atoms with E-state index in [-0.39, 0.29) is 0 Å². The Kier molecular flexibility index (Phi) is 5.31. The monoisotopic (exact) mass is 391 g/mol. The van der Waals surface area contributed by atoms with Crippen LogP contribution >= 0.6 is 15.9 Å². The van der Waals surface area contributed by atoms with E-state index in [0.717, 1.165) is 35.5 Å². The lowest BCUT2D eigenvalue weighted by atomic mass is 10.0. The minimum atomic E-state index is 0.312. The standard InChI is InChI=1S/C19H22BrNO3/c1-23-18-11-13(10-16(20)19(18)24-2)12-21-9-3-4-17(21)14-5-7-15(22)8-6-14/h5-8,10-11,17,22H,3-4,9,12H2,1-2H3/t17-/m1/s1. The molecule has 1 aliphatic heterocycles. The largest absolute Gasteiger partial charge is 0.508 e. The molecule has 1 atom stereocenters. The summed E-state index contributed by atoms with van der Waals surface area (Å²) in [5.74, 6) is 1.77. The Morgan fingerprint density at radius 2 is 1.92 bits per heavy atom. The van der Waals surface area contributed by atoms with Crippen LogP contribution in [0.2, 0.25) is 0 Å². The van der Waals surface area contributed by atoms with Crippen LogP contribution in [0.15, 0.2) is 40.9 Å². The molecule has 2 aromatic rings. The van der Waals surface area contributed by atoms with Gasteiger partial charge in [0.25, 0.3) is 0 Å². The maximum absolute atomic E-state index is 9.49. The van der Waals surface area contributed by atoms with Crippen molar-refractivity contribution in [1.82, 2.24) is 4.90 Å². The van der Waals surface area contributed by atoms with E-state index in [1.54, 1.807) is 26.4 Å². The van der Waals surface area contributed by atoms with Crippen LogP contribution in [0.1, 0.15) is 30.0 Å². The number of hydrogen-bond donors (Lipinski definition) is 1. The van der Waals surface area contributed by atoms with Gasteiger partial charge in [-0.2, -0.15) is 0 Å². The number of methoxy groups -OCH3 is 2. The molecule has 0 aromatic heterocycles. The summed E-state index contributed by atoms with van der Waals surface area (Å²) in [6.07, 6.45) is 2.32. The molecule has 0 unspecified atom stereocenters. The highest BCUT2D eigenvalue weighted by atomic mass is 79.9. The minimum Gasteiger partial charge on any atom is -0.508 e. The molecule has 128 valence electrons. The first-order valence-electron chi connectivity index (χ1n) is 8.05. The van der Waals surface area contributed by atoms with Gasteiger partial charge in [-0.1, -0.05) is 12.1 Å². The lowest BCUT2D eigenvalue weighted by Crippen LogP contribution is -2.22. The summed E-state index contributed by atoms with van der Waals surface area (Å²) in [7, 11) is 3.30. The van der Waals surface area contributed by atoms with Gasteiger partial charge in [0.05, 0.1) is 18.7 Å². The van der Waals surface area contributed by atoms with Crippen LogP contribution in [0.4, 0.5) is 0 Å². The molecule has 1 aliphatic rings. The summed E-state index contributed by atoms with van der Waals surface area (Å²) in [4.78, 5) is 2.47. The van der Waals surface area contributed by atoms with Crippen molar-refractivity contribution in [3.05, 3.63) is 52.0 Å². The Balaban J connectivity index is 1.82. The summed E-state index contributed by atoms with van der Waals surface area (Å²) in [5, 5.41) is 9.49. The molecule has 0 spiro atoms. The first kappa shape index (κ1) is 17.1. The molecule has 2 aromatic carbocycles. The first-order chi connectivity index (χ1) is 11.6. The average molecular weight is 392 g/mol. The van der Waals surface area contributed by atoms with E-state index in [0.29, 0.717) is 11.8 Å². The second-order valence-electron chi connectivity index (χ2n) is 6.03. The maximum Gasteiger partial charge on any atom is 0.174 e. The molecular formula is C19H22BrNO3. The average Bonchev–Trinajstić information content (AvgIpc) is 3.03. The number of ether oxygens (including phenoxy) is 2. The van der Waals surface area contributed by atoms with Crippen LogP contribution in [-0.4, -0.2) is 30.8 Å². The molecule has 4 nitrogen and oxygen atoms in total. The predicted octanol–water partition coefficient (Wildman–Crippen LogP) is 4.51. The van der Waals surface area contributed by atoms with Crippen LogP contribution in [0.5, 0.6) is 17.2 Å². The molecule has 1 heterocycles. The van der Waals surface area contributed by atoms with Crippen molar-refractivity contribution in [3.63, 3.8) is 0 Å². The van der Waals surface area contributed by atoms with Gasteiger partial charge >= 0.3 is 0 Å². The minimum absolute atomic E-state index is 0.312. The van der Waals surface area contributed by atoms with E-state index in [1.807, 2.05) is 18.2 Å². The second kappa shape index (κ2) is 7.45. The SMILES string of the molecule is COc1cc(CN2CCC[C@@H]2c2ccc(O)cc2)cc(Br)c1OC. The third-order valence-electron chi connectivity index (χ3n) is 4.52. The van der Waals surface area contributed by atoms with Crippen molar-refractivity contribution in [2.75, 3.05) is 20.8 Å². The number of nitrogens with zero attached hydrogens (tertiary/aromatic N) is 1. The zero-order chi connectivity index (χ0) is 17.1. The van der Waals surface area contributed by atoms with Crippen molar-refractivity contribution < 1.29 is 14.6 Å². The smallest absolute Gasteiger partial charge is 0.174 e. The molecule has 1 N–H and O–H groups in total. The quantitative estimate of drug-likeness (QED) is 0.813. The van der Waals surface area contributed by atoms with Gasteiger partial charge in [0, 0.05) is 12.6 Å². The third-order valence-corrected chi connectivity index (χ3v) is 5.11. The fourth-order valence-electron chi connectivity index (χ4n) is 3.39. The molecule has 1 fully saturated rings. The van der Waals surface area contributed by atoms with E-state index in [2.05, 4.69) is 26.9 Å². The van der Waals surface area contributed by atoms with Gasteiger partial charge in [0.15, 0.2) is 11.5 Å². The van der Waals surface area contributed by atoms with Crippen LogP contribution in [0.3, 0.4) is 0 Å².